The van der Waals surface area contributed by atoms with Gasteiger partial charge >= 0.3 is 0 Å². The minimum absolute atomic E-state index is 0.0345. The first-order valence-corrected chi connectivity index (χ1v) is 10.6. The SMILES string of the molecule is Cc1cccc(C(=O)NCC(CNC(=O)C(O)c2ccccc2)C(=O)c2ccc[nH]c2=O)c1O. The lowest BCUT2D eigenvalue weighted by atomic mass is 9.97. The van der Waals surface area contributed by atoms with Gasteiger partial charge in [-0.2, -0.15) is 0 Å². The van der Waals surface area contributed by atoms with Crippen molar-refractivity contribution in [2.75, 3.05) is 13.1 Å². The number of hydrogen-bond donors (Lipinski definition) is 5. The van der Waals surface area contributed by atoms with Gasteiger partial charge in [0.2, 0.25) is 0 Å². The van der Waals surface area contributed by atoms with Crippen molar-refractivity contribution < 1.29 is 24.6 Å². The van der Waals surface area contributed by atoms with Crippen molar-refractivity contribution in [2.24, 2.45) is 5.92 Å². The summed E-state index contributed by atoms with van der Waals surface area (Å²) in [5.41, 5.74) is 0.199. The molecule has 9 heteroatoms. The number of ketones is 1. The molecule has 2 aromatic carbocycles. The Kier molecular flexibility index (Phi) is 7.94. The first kappa shape index (κ1) is 24.4. The summed E-state index contributed by atoms with van der Waals surface area (Å²) >= 11 is 0. The van der Waals surface area contributed by atoms with Crippen molar-refractivity contribution in [1.29, 1.82) is 0 Å². The van der Waals surface area contributed by atoms with E-state index in [1.807, 2.05) is 0 Å². The standard InChI is InChI=1S/C25H25N3O6/c1-15-7-5-10-18(20(15)29)24(33)27-13-17(21(30)19-11-6-12-26-23(19)32)14-28-25(34)22(31)16-8-3-2-4-9-16/h2-12,17,22,29,31H,13-14H2,1H3,(H,26,32)(H,27,33)(H,28,34). The molecule has 0 aliphatic carbocycles. The zero-order valence-corrected chi connectivity index (χ0v) is 18.4. The van der Waals surface area contributed by atoms with Gasteiger partial charge in [0.1, 0.15) is 5.75 Å². The van der Waals surface area contributed by atoms with Crippen LogP contribution in [-0.4, -0.2) is 45.9 Å². The number of pyridine rings is 1. The van der Waals surface area contributed by atoms with Crippen LogP contribution in [-0.2, 0) is 4.79 Å². The fraction of sp³-hybridized carbons (Fsp3) is 0.200. The van der Waals surface area contributed by atoms with Gasteiger partial charge in [-0.15, -0.1) is 0 Å². The Morgan fingerprint density at radius 1 is 0.912 bits per heavy atom. The molecule has 2 atom stereocenters. The van der Waals surface area contributed by atoms with Crippen LogP contribution in [0.4, 0.5) is 0 Å². The van der Waals surface area contributed by atoms with E-state index in [1.54, 1.807) is 49.4 Å². The molecule has 0 radical (unpaired) electrons. The quantitative estimate of drug-likeness (QED) is 0.304. The zero-order valence-electron chi connectivity index (χ0n) is 18.4. The zero-order chi connectivity index (χ0) is 24.7. The number of carbonyl (C=O) groups is 3. The van der Waals surface area contributed by atoms with E-state index in [-0.39, 0.29) is 30.0 Å². The maximum Gasteiger partial charge on any atom is 0.258 e. The minimum Gasteiger partial charge on any atom is -0.507 e. The van der Waals surface area contributed by atoms with Gasteiger partial charge in [-0.1, -0.05) is 42.5 Å². The second-order valence-electron chi connectivity index (χ2n) is 7.71. The molecule has 0 saturated carbocycles. The number of amides is 2. The third-order valence-electron chi connectivity index (χ3n) is 5.33. The lowest BCUT2D eigenvalue weighted by molar-refractivity contribution is -0.129. The number of rotatable bonds is 9. The van der Waals surface area contributed by atoms with E-state index in [0.717, 1.165) is 0 Å². The summed E-state index contributed by atoms with van der Waals surface area (Å²) in [6, 6.07) is 15.8. The number of aromatic amines is 1. The molecule has 0 fully saturated rings. The van der Waals surface area contributed by atoms with Crippen LogP contribution >= 0.6 is 0 Å². The smallest absolute Gasteiger partial charge is 0.258 e. The van der Waals surface area contributed by atoms with E-state index in [4.69, 9.17) is 0 Å². The van der Waals surface area contributed by atoms with Gasteiger partial charge in [0.15, 0.2) is 11.9 Å². The van der Waals surface area contributed by atoms with Crippen LogP contribution in [0.2, 0.25) is 0 Å². The van der Waals surface area contributed by atoms with Crippen molar-refractivity contribution in [1.82, 2.24) is 15.6 Å². The second-order valence-corrected chi connectivity index (χ2v) is 7.71. The average Bonchev–Trinajstić information content (AvgIpc) is 2.85. The number of para-hydroxylation sites is 1. The number of aryl methyl sites for hydroxylation is 1. The normalized spacial score (nSPS) is 12.4. The number of aromatic nitrogens is 1. The van der Waals surface area contributed by atoms with Crippen LogP contribution in [0.3, 0.4) is 0 Å². The van der Waals surface area contributed by atoms with E-state index in [1.165, 1.54) is 24.4 Å². The highest BCUT2D eigenvalue weighted by molar-refractivity contribution is 6.00. The van der Waals surface area contributed by atoms with Crippen LogP contribution in [0.5, 0.6) is 5.75 Å². The van der Waals surface area contributed by atoms with Gasteiger partial charge in [0, 0.05) is 19.3 Å². The Labute approximate surface area is 195 Å². The monoisotopic (exact) mass is 463 g/mol. The third-order valence-corrected chi connectivity index (χ3v) is 5.33. The van der Waals surface area contributed by atoms with Gasteiger partial charge in [0.05, 0.1) is 17.0 Å². The van der Waals surface area contributed by atoms with Crippen LogP contribution < -0.4 is 16.2 Å². The summed E-state index contributed by atoms with van der Waals surface area (Å²) in [4.78, 5) is 52.6. The van der Waals surface area contributed by atoms with Crippen LogP contribution in [0.15, 0.2) is 71.7 Å². The number of Topliss-reactive ketones (excluding diaryl/α,β-unsaturated/α-hetero) is 1. The van der Waals surface area contributed by atoms with Crippen LogP contribution in [0.25, 0.3) is 0 Å². The molecular formula is C25H25N3O6. The predicted molar refractivity (Wildman–Crippen MR) is 124 cm³/mol. The van der Waals surface area contributed by atoms with E-state index >= 15 is 0 Å². The molecule has 2 unspecified atom stereocenters. The maximum atomic E-state index is 13.1. The summed E-state index contributed by atoms with van der Waals surface area (Å²) in [6.07, 6.45) is -0.0649. The van der Waals surface area contributed by atoms with Crippen molar-refractivity contribution in [3.05, 3.63) is 99.5 Å². The van der Waals surface area contributed by atoms with Gasteiger partial charge in [-0.05, 0) is 36.2 Å². The third kappa shape index (κ3) is 5.76. The molecule has 3 rings (SSSR count). The minimum atomic E-state index is -1.45. The molecule has 1 heterocycles. The average molecular weight is 463 g/mol. The predicted octanol–water partition coefficient (Wildman–Crippen LogP) is 1.47. The molecule has 0 bridgehead atoms. The molecule has 34 heavy (non-hydrogen) atoms. The topological polar surface area (TPSA) is 149 Å². The van der Waals surface area contributed by atoms with Crippen LogP contribution in [0.1, 0.15) is 37.9 Å². The number of carbonyl (C=O) groups excluding carboxylic acids is 3. The molecule has 3 aromatic rings. The first-order chi connectivity index (χ1) is 16.3. The first-order valence-electron chi connectivity index (χ1n) is 10.6. The summed E-state index contributed by atoms with van der Waals surface area (Å²) in [5, 5.41) is 25.5. The van der Waals surface area contributed by atoms with Crippen LogP contribution in [0, 0.1) is 12.8 Å². The number of benzene rings is 2. The van der Waals surface area contributed by atoms with Crippen molar-refractivity contribution in [3.63, 3.8) is 0 Å². The van der Waals surface area contributed by atoms with Crippen molar-refractivity contribution in [2.45, 2.75) is 13.0 Å². The summed E-state index contributed by atoms with van der Waals surface area (Å²) in [7, 11) is 0. The van der Waals surface area contributed by atoms with E-state index < -0.39 is 35.2 Å². The number of phenols is 1. The molecule has 0 aliphatic heterocycles. The maximum absolute atomic E-state index is 13.1. The lowest BCUT2D eigenvalue weighted by Crippen LogP contribution is -2.42. The van der Waals surface area contributed by atoms with Gasteiger partial charge < -0.3 is 25.8 Å². The molecular weight excluding hydrogens is 438 g/mol. The van der Waals surface area contributed by atoms with E-state index in [2.05, 4.69) is 15.6 Å². The fourth-order valence-corrected chi connectivity index (χ4v) is 3.35. The van der Waals surface area contributed by atoms with Gasteiger partial charge in [-0.3, -0.25) is 19.2 Å². The molecule has 1 aromatic heterocycles. The second kappa shape index (κ2) is 11.1. The lowest BCUT2D eigenvalue weighted by Gasteiger charge is -2.19. The molecule has 9 nitrogen and oxygen atoms in total. The number of phenolic OH excluding ortho intramolecular Hbond substituents is 1. The van der Waals surface area contributed by atoms with Crippen molar-refractivity contribution in [3.8, 4) is 5.75 Å². The molecule has 5 N–H and O–H groups in total. The highest BCUT2D eigenvalue weighted by Gasteiger charge is 2.26. The molecule has 2 amide bonds. The van der Waals surface area contributed by atoms with Crippen molar-refractivity contribution >= 4 is 17.6 Å². The highest BCUT2D eigenvalue weighted by atomic mass is 16.3. The number of nitrogens with one attached hydrogen (secondary N) is 3. The molecule has 0 spiro atoms. The number of aliphatic hydroxyl groups is 1. The largest absolute Gasteiger partial charge is 0.507 e. The van der Waals surface area contributed by atoms with Gasteiger partial charge in [-0.25, -0.2) is 0 Å². The molecule has 0 aliphatic rings. The molecule has 176 valence electrons. The van der Waals surface area contributed by atoms with E-state index in [0.29, 0.717) is 11.1 Å². The summed E-state index contributed by atoms with van der Waals surface area (Å²) < 4.78 is 0. The Morgan fingerprint density at radius 2 is 1.59 bits per heavy atom. The highest BCUT2D eigenvalue weighted by Crippen LogP contribution is 2.21. The number of aromatic hydroxyl groups is 1. The fourth-order valence-electron chi connectivity index (χ4n) is 3.35. The van der Waals surface area contributed by atoms with Gasteiger partial charge in [0.25, 0.3) is 17.4 Å². The Morgan fingerprint density at radius 3 is 2.29 bits per heavy atom. The number of H-pyrrole nitrogens is 1. The molecule has 0 saturated heterocycles. The Bertz CT molecular complexity index is 1240. The number of aliphatic hydroxyl groups excluding tert-OH is 1. The van der Waals surface area contributed by atoms with E-state index in [9.17, 15) is 29.4 Å². The Balaban J connectivity index is 1.75. The summed E-state index contributed by atoms with van der Waals surface area (Å²) in [5.74, 6) is -3.12. The number of hydrogen-bond acceptors (Lipinski definition) is 6. The Hall–Kier alpha value is -4.24. The summed E-state index contributed by atoms with van der Waals surface area (Å²) in [6.45, 7) is 1.19.